The molecule has 0 spiro atoms. The van der Waals surface area contributed by atoms with Gasteiger partial charge < -0.3 is 9.47 Å². The molecular formula is C26H26O2. The number of benzene rings is 3. The molecule has 0 N–H and O–H groups in total. The summed E-state index contributed by atoms with van der Waals surface area (Å²) >= 11 is 0. The second-order valence-electron chi connectivity index (χ2n) is 6.56. The summed E-state index contributed by atoms with van der Waals surface area (Å²) in [6, 6.07) is 24.2. The van der Waals surface area contributed by atoms with Crippen molar-refractivity contribution in [3.63, 3.8) is 0 Å². The minimum Gasteiger partial charge on any atom is -0.450 e. The van der Waals surface area contributed by atoms with Crippen molar-refractivity contribution in [3.05, 3.63) is 107 Å². The number of ether oxygens (including phenoxy) is 2. The monoisotopic (exact) mass is 370 g/mol. The molecule has 2 nitrogen and oxygen atoms in total. The smallest absolute Gasteiger partial charge is 0.267 e. The van der Waals surface area contributed by atoms with Crippen LogP contribution in [0.1, 0.15) is 42.4 Å². The lowest BCUT2D eigenvalue weighted by molar-refractivity contribution is 0.00344. The summed E-state index contributed by atoms with van der Waals surface area (Å²) in [6.07, 6.45) is 7.53. The van der Waals surface area contributed by atoms with Gasteiger partial charge >= 0.3 is 0 Å². The Hall–Kier alpha value is -3.26. The number of hydrogen-bond acceptors (Lipinski definition) is 2. The average molecular weight is 370 g/mol. The van der Waals surface area contributed by atoms with Gasteiger partial charge in [-0.25, -0.2) is 0 Å². The standard InChI is InChI=1S/C26H26O2/c1-4-11-21-14-6-8-17-24(21)27-26(23-16-10-13-20(3)19-23)28-25-18-9-7-15-22(25)12-5-2/h4-19,26H,1-3H3. The van der Waals surface area contributed by atoms with Crippen molar-refractivity contribution in [2.45, 2.75) is 27.1 Å². The zero-order valence-corrected chi connectivity index (χ0v) is 16.6. The SMILES string of the molecule is CC=Cc1ccccc1OC(Oc1ccccc1C=CC)c1cccc(C)c1. The molecule has 0 heterocycles. The van der Waals surface area contributed by atoms with Gasteiger partial charge in [0, 0.05) is 16.7 Å². The van der Waals surface area contributed by atoms with Gasteiger partial charge in [0.2, 0.25) is 0 Å². The first-order valence-corrected chi connectivity index (χ1v) is 9.54. The van der Waals surface area contributed by atoms with E-state index in [1.807, 2.05) is 98.8 Å². The van der Waals surface area contributed by atoms with Crippen LogP contribution in [-0.2, 0) is 0 Å². The van der Waals surface area contributed by atoms with Gasteiger partial charge in [-0.2, -0.15) is 0 Å². The zero-order chi connectivity index (χ0) is 19.8. The van der Waals surface area contributed by atoms with Crippen molar-refractivity contribution < 1.29 is 9.47 Å². The second kappa shape index (κ2) is 9.61. The highest BCUT2D eigenvalue weighted by Gasteiger charge is 2.18. The maximum atomic E-state index is 6.38. The number of hydrogen-bond donors (Lipinski definition) is 0. The van der Waals surface area contributed by atoms with E-state index in [9.17, 15) is 0 Å². The normalized spacial score (nSPS) is 12.4. The molecule has 0 aliphatic carbocycles. The molecule has 0 saturated heterocycles. The summed E-state index contributed by atoms with van der Waals surface area (Å²) in [5.74, 6) is 1.58. The molecule has 3 aromatic carbocycles. The Morgan fingerprint density at radius 2 is 1.21 bits per heavy atom. The molecule has 28 heavy (non-hydrogen) atoms. The molecule has 0 saturated carbocycles. The largest absolute Gasteiger partial charge is 0.450 e. The van der Waals surface area contributed by atoms with Crippen LogP contribution >= 0.6 is 0 Å². The lowest BCUT2D eigenvalue weighted by Crippen LogP contribution is -2.16. The van der Waals surface area contributed by atoms with E-state index in [1.54, 1.807) is 0 Å². The molecule has 0 aliphatic heterocycles. The Morgan fingerprint density at radius 3 is 1.71 bits per heavy atom. The fraction of sp³-hybridized carbons (Fsp3) is 0.154. The minimum absolute atomic E-state index is 0.558. The quantitative estimate of drug-likeness (QED) is 0.409. The average Bonchev–Trinajstić information content (AvgIpc) is 2.70. The van der Waals surface area contributed by atoms with Crippen molar-refractivity contribution in [3.8, 4) is 11.5 Å². The van der Waals surface area contributed by atoms with E-state index < -0.39 is 6.29 Å². The van der Waals surface area contributed by atoms with Crippen molar-refractivity contribution in [1.82, 2.24) is 0 Å². The number of allylic oxidation sites excluding steroid dienone is 2. The van der Waals surface area contributed by atoms with Gasteiger partial charge in [0.15, 0.2) is 0 Å². The van der Waals surface area contributed by atoms with Crippen molar-refractivity contribution in [1.29, 1.82) is 0 Å². The Balaban J connectivity index is 2.00. The number of rotatable bonds is 7. The molecule has 0 fully saturated rings. The van der Waals surface area contributed by atoms with Crippen LogP contribution in [0.25, 0.3) is 12.2 Å². The summed E-state index contributed by atoms with van der Waals surface area (Å²) in [6.45, 7) is 6.07. The van der Waals surface area contributed by atoms with Crippen LogP contribution in [0.2, 0.25) is 0 Å². The highest BCUT2D eigenvalue weighted by Crippen LogP contribution is 2.31. The van der Waals surface area contributed by atoms with Crippen molar-refractivity contribution in [2.24, 2.45) is 0 Å². The van der Waals surface area contributed by atoms with Gasteiger partial charge in [-0.15, -0.1) is 0 Å². The Kier molecular flexibility index (Phi) is 6.69. The summed E-state index contributed by atoms with van der Waals surface area (Å²) in [4.78, 5) is 0. The van der Waals surface area contributed by atoms with Gasteiger partial charge in [0.25, 0.3) is 6.29 Å². The van der Waals surface area contributed by atoms with Crippen LogP contribution in [-0.4, -0.2) is 0 Å². The molecule has 0 aromatic heterocycles. The fourth-order valence-corrected chi connectivity index (χ4v) is 3.02. The van der Waals surface area contributed by atoms with E-state index in [-0.39, 0.29) is 0 Å². The Bertz CT molecular complexity index is 912. The summed E-state index contributed by atoms with van der Waals surface area (Å²) in [5.41, 5.74) is 4.18. The van der Waals surface area contributed by atoms with E-state index in [2.05, 4.69) is 19.1 Å². The zero-order valence-electron chi connectivity index (χ0n) is 16.6. The molecule has 0 unspecified atom stereocenters. The van der Waals surface area contributed by atoms with Gasteiger partial charge in [-0.1, -0.05) is 84.5 Å². The van der Waals surface area contributed by atoms with Crippen LogP contribution < -0.4 is 9.47 Å². The van der Waals surface area contributed by atoms with Gasteiger partial charge in [0.1, 0.15) is 11.5 Å². The third-order valence-electron chi connectivity index (χ3n) is 4.31. The van der Waals surface area contributed by atoms with Crippen LogP contribution in [0.5, 0.6) is 11.5 Å². The maximum absolute atomic E-state index is 6.38. The van der Waals surface area contributed by atoms with Crippen molar-refractivity contribution in [2.75, 3.05) is 0 Å². The van der Waals surface area contributed by atoms with E-state index in [4.69, 9.17) is 9.47 Å². The highest BCUT2D eigenvalue weighted by molar-refractivity contribution is 5.58. The first-order chi connectivity index (χ1) is 13.7. The predicted octanol–water partition coefficient (Wildman–Crippen LogP) is 7.22. The minimum atomic E-state index is -0.558. The van der Waals surface area contributed by atoms with E-state index in [0.29, 0.717) is 0 Å². The lowest BCUT2D eigenvalue weighted by Gasteiger charge is -2.23. The third-order valence-corrected chi connectivity index (χ3v) is 4.31. The van der Waals surface area contributed by atoms with Gasteiger partial charge in [-0.05, 0) is 39.0 Å². The molecule has 2 heteroatoms. The Labute approximate surface area is 167 Å². The molecule has 3 aromatic rings. The fourth-order valence-electron chi connectivity index (χ4n) is 3.02. The van der Waals surface area contributed by atoms with Crippen molar-refractivity contribution >= 4 is 12.2 Å². The summed E-state index contributed by atoms with van der Waals surface area (Å²) in [7, 11) is 0. The first-order valence-electron chi connectivity index (χ1n) is 9.54. The molecule has 3 rings (SSSR count). The van der Waals surface area contributed by atoms with E-state index >= 15 is 0 Å². The van der Waals surface area contributed by atoms with Gasteiger partial charge in [-0.3, -0.25) is 0 Å². The summed E-state index contributed by atoms with van der Waals surface area (Å²) in [5, 5.41) is 0. The van der Waals surface area contributed by atoms with E-state index in [1.165, 1.54) is 0 Å². The second-order valence-corrected chi connectivity index (χ2v) is 6.56. The van der Waals surface area contributed by atoms with E-state index in [0.717, 1.165) is 33.8 Å². The summed E-state index contributed by atoms with van der Waals surface area (Å²) < 4.78 is 12.8. The molecular weight excluding hydrogens is 344 g/mol. The number of para-hydroxylation sites is 2. The Morgan fingerprint density at radius 1 is 0.679 bits per heavy atom. The number of aryl methyl sites for hydroxylation is 1. The molecule has 0 radical (unpaired) electrons. The van der Waals surface area contributed by atoms with Crippen LogP contribution in [0, 0.1) is 6.92 Å². The van der Waals surface area contributed by atoms with Crippen LogP contribution in [0.4, 0.5) is 0 Å². The topological polar surface area (TPSA) is 18.5 Å². The predicted molar refractivity (Wildman–Crippen MR) is 117 cm³/mol. The third kappa shape index (κ3) is 4.92. The molecule has 0 amide bonds. The molecule has 0 aliphatic rings. The van der Waals surface area contributed by atoms with Crippen LogP contribution in [0.3, 0.4) is 0 Å². The maximum Gasteiger partial charge on any atom is 0.267 e. The highest BCUT2D eigenvalue weighted by atomic mass is 16.7. The van der Waals surface area contributed by atoms with Gasteiger partial charge in [0.05, 0.1) is 0 Å². The molecule has 142 valence electrons. The first kappa shape index (κ1) is 19.5. The lowest BCUT2D eigenvalue weighted by atomic mass is 10.1. The molecule has 0 atom stereocenters. The molecule has 0 bridgehead atoms. The van der Waals surface area contributed by atoms with Crippen LogP contribution in [0.15, 0.2) is 84.9 Å².